The molecule has 0 spiro atoms. The van der Waals surface area contributed by atoms with Crippen molar-refractivity contribution in [2.75, 3.05) is 18.1 Å². The molecule has 0 aromatic heterocycles. The lowest BCUT2D eigenvalue weighted by molar-refractivity contribution is 0.249. The van der Waals surface area contributed by atoms with Crippen molar-refractivity contribution in [2.45, 2.75) is 13.3 Å². The van der Waals surface area contributed by atoms with Crippen LogP contribution in [0.4, 0.5) is 4.79 Å². The highest BCUT2D eigenvalue weighted by atomic mass is 33.1. The lowest BCUT2D eigenvalue weighted by Crippen LogP contribution is -2.28. The van der Waals surface area contributed by atoms with Crippen LogP contribution in [-0.4, -0.2) is 24.1 Å². The summed E-state index contributed by atoms with van der Waals surface area (Å²) < 4.78 is 0. The Morgan fingerprint density at radius 1 is 1.55 bits per heavy atom. The second kappa shape index (κ2) is 8.07. The molecule has 1 heterocycles. The van der Waals surface area contributed by atoms with E-state index >= 15 is 0 Å². The highest BCUT2D eigenvalue weighted by molar-refractivity contribution is 8.77. The van der Waals surface area contributed by atoms with E-state index < -0.39 is 6.03 Å². The summed E-state index contributed by atoms with van der Waals surface area (Å²) >= 11 is 0. The molecule has 0 unspecified atom stereocenters. The van der Waals surface area contributed by atoms with Gasteiger partial charge in [0.1, 0.15) is 0 Å². The number of nitrogens with two attached hydrogens (primary N) is 1. The van der Waals surface area contributed by atoms with Gasteiger partial charge in [-0.25, -0.2) is 4.79 Å². The van der Waals surface area contributed by atoms with Crippen molar-refractivity contribution in [2.24, 2.45) is 5.73 Å². The summed E-state index contributed by atoms with van der Waals surface area (Å²) in [6, 6.07) is -0.461. The molecule has 0 atom stereocenters. The number of amides is 2. The second-order valence-corrected chi connectivity index (χ2v) is 4.59. The third-order valence-electron chi connectivity index (χ3n) is 0.890. The Labute approximate surface area is 75.3 Å². The lowest BCUT2D eigenvalue weighted by Gasteiger charge is -1.88. The van der Waals surface area contributed by atoms with Crippen LogP contribution in [0, 0.1) is 0 Å². The van der Waals surface area contributed by atoms with E-state index in [4.69, 9.17) is 0 Å². The van der Waals surface area contributed by atoms with Crippen LogP contribution in [0.15, 0.2) is 0 Å². The maximum absolute atomic E-state index is 9.71. The first kappa shape index (κ1) is 11.0. The number of urea groups is 1. The van der Waals surface area contributed by atoms with E-state index in [9.17, 15) is 4.79 Å². The number of hydrogen-bond acceptors (Lipinski definition) is 3. The fourth-order valence-corrected chi connectivity index (χ4v) is 2.83. The number of nitrogens with one attached hydrogen (secondary N) is 1. The third kappa shape index (κ3) is 9.97. The highest BCUT2D eigenvalue weighted by Crippen LogP contribution is 2.29. The minimum Gasteiger partial charge on any atom is -0.352 e. The molecule has 0 bridgehead atoms. The van der Waals surface area contributed by atoms with Crippen LogP contribution in [-0.2, 0) is 0 Å². The van der Waals surface area contributed by atoms with Crippen molar-refractivity contribution in [3.63, 3.8) is 0 Å². The standard InChI is InChI=1S/C3H8N2O.C3H6S2/c1-2-5-3(4)6;1-2-4-5-3-1/h2H2,1H3,(H3,4,5,6);1-3H2. The zero-order chi connectivity index (χ0) is 8.53. The fourth-order valence-electron chi connectivity index (χ4n) is 0.469. The largest absolute Gasteiger partial charge is 0.352 e. The first-order chi connectivity index (χ1) is 5.27. The van der Waals surface area contributed by atoms with Gasteiger partial charge in [-0.1, -0.05) is 21.6 Å². The number of rotatable bonds is 1. The Balaban J connectivity index is 0.000000183. The third-order valence-corrected chi connectivity index (χ3v) is 3.47. The topological polar surface area (TPSA) is 55.1 Å². The fraction of sp³-hybridized carbons (Fsp3) is 0.833. The van der Waals surface area contributed by atoms with E-state index in [1.807, 2.05) is 28.5 Å². The maximum atomic E-state index is 9.71. The Bertz CT molecular complexity index is 99.1. The maximum Gasteiger partial charge on any atom is 0.312 e. The molecule has 5 heteroatoms. The number of carbonyl (C=O) groups is 1. The van der Waals surface area contributed by atoms with Gasteiger partial charge in [-0.05, 0) is 13.3 Å². The molecule has 0 aromatic rings. The van der Waals surface area contributed by atoms with Gasteiger partial charge in [0.25, 0.3) is 0 Å². The molecule has 1 saturated heterocycles. The summed E-state index contributed by atoms with van der Waals surface area (Å²) in [7, 11) is 3.98. The molecule has 2 amide bonds. The van der Waals surface area contributed by atoms with Crippen molar-refractivity contribution in [3.05, 3.63) is 0 Å². The van der Waals surface area contributed by atoms with E-state index in [1.54, 1.807) is 0 Å². The Hall–Kier alpha value is -0.0300. The average molecular weight is 194 g/mol. The van der Waals surface area contributed by atoms with Gasteiger partial charge >= 0.3 is 6.03 Å². The summed E-state index contributed by atoms with van der Waals surface area (Å²) in [5, 5.41) is 2.35. The van der Waals surface area contributed by atoms with Crippen LogP contribution in [0.2, 0.25) is 0 Å². The Kier molecular flexibility index (Phi) is 8.05. The number of hydrogen-bond donors (Lipinski definition) is 2. The Morgan fingerprint density at radius 2 is 2.09 bits per heavy atom. The SMILES string of the molecule is C1CSSC1.CCNC(N)=O. The number of primary amides is 1. The van der Waals surface area contributed by atoms with Crippen LogP contribution in [0.3, 0.4) is 0 Å². The van der Waals surface area contributed by atoms with Gasteiger partial charge in [0, 0.05) is 18.1 Å². The molecule has 1 fully saturated rings. The summed E-state index contributed by atoms with van der Waals surface area (Å²) in [5.41, 5.74) is 4.65. The lowest BCUT2D eigenvalue weighted by atomic mass is 10.6. The predicted octanol–water partition coefficient (Wildman–Crippen LogP) is 1.45. The van der Waals surface area contributed by atoms with E-state index in [-0.39, 0.29) is 0 Å². The first-order valence-electron chi connectivity index (χ1n) is 3.55. The van der Waals surface area contributed by atoms with Gasteiger partial charge in [0.15, 0.2) is 0 Å². The van der Waals surface area contributed by atoms with E-state index in [1.165, 1.54) is 17.9 Å². The van der Waals surface area contributed by atoms with Gasteiger partial charge in [-0.2, -0.15) is 0 Å². The molecule has 11 heavy (non-hydrogen) atoms. The van der Waals surface area contributed by atoms with Gasteiger partial charge < -0.3 is 11.1 Å². The molecular formula is C6H14N2OS2. The number of carbonyl (C=O) groups excluding carboxylic acids is 1. The van der Waals surface area contributed by atoms with E-state index in [0.717, 1.165) is 0 Å². The van der Waals surface area contributed by atoms with Gasteiger partial charge in [0.05, 0.1) is 0 Å². The Morgan fingerprint density at radius 3 is 2.18 bits per heavy atom. The van der Waals surface area contributed by atoms with Crippen LogP contribution < -0.4 is 11.1 Å². The van der Waals surface area contributed by atoms with Gasteiger partial charge in [-0.15, -0.1) is 0 Å². The average Bonchev–Trinajstić information content (AvgIpc) is 2.41. The molecule has 3 N–H and O–H groups in total. The first-order valence-corrected chi connectivity index (χ1v) is 6.04. The predicted molar refractivity (Wildman–Crippen MR) is 52.8 cm³/mol. The summed E-state index contributed by atoms with van der Waals surface area (Å²) in [6.45, 7) is 2.42. The minimum atomic E-state index is -0.461. The van der Waals surface area contributed by atoms with Crippen molar-refractivity contribution < 1.29 is 4.79 Å². The highest BCUT2D eigenvalue weighted by Gasteiger charge is 1.96. The zero-order valence-electron chi connectivity index (χ0n) is 6.63. The second-order valence-electron chi connectivity index (χ2n) is 1.89. The van der Waals surface area contributed by atoms with E-state index in [2.05, 4.69) is 11.1 Å². The molecule has 66 valence electrons. The quantitative estimate of drug-likeness (QED) is 0.621. The van der Waals surface area contributed by atoms with Gasteiger partial charge in [0.2, 0.25) is 0 Å². The summed E-state index contributed by atoms with van der Waals surface area (Å²) in [6.07, 6.45) is 1.43. The summed E-state index contributed by atoms with van der Waals surface area (Å²) in [5.74, 6) is 2.76. The molecule has 3 nitrogen and oxygen atoms in total. The molecule has 0 aliphatic carbocycles. The smallest absolute Gasteiger partial charge is 0.312 e. The molecule has 0 saturated carbocycles. The van der Waals surface area contributed by atoms with Crippen molar-refractivity contribution in [3.8, 4) is 0 Å². The van der Waals surface area contributed by atoms with Crippen molar-refractivity contribution in [1.82, 2.24) is 5.32 Å². The monoisotopic (exact) mass is 194 g/mol. The normalized spacial score (nSPS) is 15.0. The molecular weight excluding hydrogens is 180 g/mol. The van der Waals surface area contributed by atoms with Crippen molar-refractivity contribution >= 4 is 27.6 Å². The van der Waals surface area contributed by atoms with Crippen molar-refractivity contribution in [1.29, 1.82) is 0 Å². The van der Waals surface area contributed by atoms with Crippen LogP contribution in [0.5, 0.6) is 0 Å². The van der Waals surface area contributed by atoms with Gasteiger partial charge in [-0.3, -0.25) is 0 Å². The van der Waals surface area contributed by atoms with E-state index in [0.29, 0.717) is 6.54 Å². The molecule has 1 aliphatic rings. The molecule has 1 rings (SSSR count). The molecule has 1 aliphatic heterocycles. The minimum absolute atomic E-state index is 0.461. The van der Waals surface area contributed by atoms with Crippen LogP contribution in [0.25, 0.3) is 0 Å². The zero-order valence-corrected chi connectivity index (χ0v) is 8.26. The summed E-state index contributed by atoms with van der Waals surface area (Å²) in [4.78, 5) is 9.71. The van der Waals surface area contributed by atoms with Crippen LogP contribution >= 0.6 is 21.6 Å². The molecule has 0 radical (unpaired) electrons. The van der Waals surface area contributed by atoms with Crippen LogP contribution in [0.1, 0.15) is 13.3 Å². The molecule has 0 aromatic carbocycles.